The lowest BCUT2D eigenvalue weighted by Crippen LogP contribution is -2.22. The maximum Gasteiger partial charge on any atom is 0.353 e. The molecule has 1 heterocycles. The number of nitro groups is 1. The second-order valence-electron chi connectivity index (χ2n) is 1.83. The highest BCUT2D eigenvalue weighted by molar-refractivity contribution is 4.78. The van der Waals surface area contributed by atoms with Gasteiger partial charge in [-0.3, -0.25) is 10.1 Å². The summed E-state index contributed by atoms with van der Waals surface area (Å²) in [4.78, 5) is 9.59. The van der Waals surface area contributed by atoms with Gasteiger partial charge in [0.25, 0.3) is 0 Å². The predicted octanol–water partition coefficient (Wildman–Crippen LogP) is 0.913. The number of hydrogen-bond donors (Lipinski definition) is 0. The molecule has 1 rings (SSSR count). The van der Waals surface area contributed by atoms with Crippen LogP contribution in [0.3, 0.4) is 0 Å². The van der Waals surface area contributed by atoms with Crippen LogP contribution in [0.25, 0.3) is 0 Å². The number of nitrogens with zero attached hydrogens (tertiary/aromatic N) is 1. The molecule has 0 N–H and O–H groups in total. The van der Waals surface area contributed by atoms with Crippen LogP contribution in [-0.4, -0.2) is 11.2 Å². The van der Waals surface area contributed by atoms with Gasteiger partial charge in [0.2, 0.25) is 0 Å². The van der Waals surface area contributed by atoms with Crippen LogP contribution >= 0.6 is 0 Å². The summed E-state index contributed by atoms with van der Waals surface area (Å²) < 4.78 is 4.66. The fraction of sp³-hybridized carbons (Fsp3) is 0.600. The summed E-state index contributed by atoms with van der Waals surface area (Å²) in [5.41, 5.74) is 0. The van der Waals surface area contributed by atoms with Crippen molar-refractivity contribution >= 4 is 0 Å². The van der Waals surface area contributed by atoms with Crippen LogP contribution in [0.15, 0.2) is 12.3 Å². The summed E-state index contributed by atoms with van der Waals surface area (Å²) in [5.74, 6) is 0. The Balaban J connectivity index is 2.44. The van der Waals surface area contributed by atoms with Crippen molar-refractivity contribution in [2.75, 3.05) is 0 Å². The van der Waals surface area contributed by atoms with Crippen molar-refractivity contribution in [3.8, 4) is 0 Å². The second kappa shape index (κ2) is 2.48. The fourth-order valence-corrected chi connectivity index (χ4v) is 0.676. The highest BCUT2D eigenvalue weighted by Gasteiger charge is 2.20. The monoisotopic (exact) mass is 129 g/mol. The van der Waals surface area contributed by atoms with Gasteiger partial charge in [-0.25, -0.2) is 0 Å². The zero-order chi connectivity index (χ0) is 6.69. The Labute approximate surface area is 52.3 Å². The molecular weight excluding hydrogens is 122 g/mol. The van der Waals surface area contributed by atoms with Crippen LogP contribution in [0.1, 0.15) is 12.8 Å². The first-order valence-corrected chi connectivity index (χ1v) is 2.74. The van der Waals surface area contributed by atoms with Crippen LogP contribution in [0.5, 0.6) is 0 Å². The van der Waals surface area contributed by atoms with Crippen LogP contribution in [-0.2, 0) is 4.74 Å². The molecule has 1 unspecified atom stereocenters. The molecule has 1 aliphatic rings. The van der Waals surface area contributed by atoms with E-state index in [0.29, 0.717) is 6.42 Å². The summed E-state index contributed by atoms with van der Waals surface area (Å²) >= 11 is 0. The van der Waals surface area contributed by atoms with Crippen molar-refractivity contribution < 1.29 is 9.66 Å². The van der Waals surface area contributed by atoms with E-state index < -0.39 is 11.2 Å². The molecule has 1 atom stereocenters. The first-order valence-electron chi connectivity index (χ1n) is 2.74. The molecule has 0 bridgehead atoms. The Bertz CT molecular complexity index is 143. The summed E-state index contributed by atoms with van der Waals surface area (Å²) in [7, 11) is 0. The topological polar surface area (TPSA) is 52.4 Å². The molecule has 0 aromatic rings. The van der Waals surface area contributed by atoms with Gasteiger partial charge in [-0.1, -0.05) is 0 Å². The molecule has 0 saturated heterocycles. The molecular formula is C5H7NO3. The van der Waals surface area contributed by atoms with Crippen LogP contribution < -0.4 is 0 Å². The minimum Gasteiger partial charge on any atom is -0.438 e. The average Bonchev–Trinajstić information content (AvgIpc) is 1.90. The summed E-state index contributed by atoms with van der Waals surface area (Å²) in [6.45, 7) is 0. The molecule has 0 aromatic heterocycles. The lowest BCUT2D eigenvalue weighted by Gasteiger charge is -2.10. The van der Waals surface area contributed by atoms with Crippen molar-refractivity contribution in [3.63, 3.8) is 0 Å². The van der Waals surface area contributed by atoms with E-state index in [1.54, 1.807) is 6.08 Å². The van der Waals surface area contributed by atoms with E-state index in [9.17, 15) is 10.1 Å². The summed E-state index contributed by atoms with van der Waals surface area (Å²) in [5, 5.41) is 10.0. The smallest absolute Gasteiger partial charge is 0.353 e. The molecule has 0 radical (unpaired) electrons. The van der Waals surface area contributed by atoms with Gasteiger partial charge in [0.1, 0.15) is 0 Å². The van der Waals surface area contributed by atoms with Crippen LogP contribution in [0.2, 0.25) is 0 Å². The van der Waals surface area contributed by atoms with Crippen molar-refractivity contribution in [3.05, 3.63) is 22.5 Å². The molecule has 50 valence electrons. The third-order valence-electron chi connectivity index (χ3n) is 1.15. The van der Waals surface area contributed by atoms with Gasteiger partial charge in [-0.2, -0.15) is 0 Å². The molecule has 0 amide bonds. The minimum absolute atomic E-state index is 0.413. The van der Waals surface area contributed by atoms with Gasteiger partial charge in [-0.15, -0.1) is 0 Å². The second-order valence-corrected chi connectivity index (χ2v) is 1.83. The third-order valence-corrected chi connectivity index (χ3v) is 1.15. The molecule has 0 spiro atoms. The highest BCUT2D eigenvalue weighted by Crippen LogP contribution is 2.09. The van der Waals surface area contributed by atoms with E-state index in [-0.39, 0.29) is 0 Å². The number of ether oxygens (including phenoxy) is 1. The van der Waals surface area contributed by atoms with Gasteiger partial charge < -0.3 is 4.74 Å². The number of rotatable bonds is 1. The number of allylic oxidation sites excluding steroid dienone is 1. The fourth-order valence-electron chi connectivity index (χ4n) is 0.676. The maximum absolute atomic E-state index is 10.0. The average molecular weight is 129 g/mol. The van der Waals surface area contributed by atoms with E-state index in [0.717, 1.165) is 6.42 Å². The SMILES string of the molecule is O=[N+]([O-])C1CCC=CO1. The standard InChI is InChI=1S/C5H7NO3/c7-6(8)5-3-1-2-4-9-5/h2,4-5H,1,3H2. The Hall–Kier alpha value is -1.06. The van der Waals surface area contributed by atoms with E-state index in [4.69, 9.17) is 0 Å². The molecule has 4 heteroatoms. The lowest BCUT2D eigenvalue weighted by molar-refractivity contribution is -0.571. The zero-order valence-corrected chi connectivity index (χ0v) is 4.82. The maximum atomic E-state index is 10.0. The highest BCUT2D eigenvalue weighted by atomic mass is 16.7. The molecule has 0 aromatic carbocycles. The van der Waals surface area contributed by atoms with E-state index in [1.807, 2.05) is 0 Å². The normalized spacial score (nSPS) is 25.1. The van der Waals surface area contributed by atoms with E-state index >= 15 is 0 Å². The van der Waals surface area contributed by atoms with E-state index in [1.165, 1.54) is 6.26 Å². The molecule has 0 saturated carbocycles. The van der Waals surface area contributed by atoms with Crippen molar-refractivity contribution in [1.82, 2.24) is 0 Å². The van der Waals surface area contributed by atoms with E-state index in [2.05, 4.69) is 4.74 Å². The zero-order valence-electron chi connectivity index (χ0n) is 4.82. The molecule has 0 fully saturated rings. The van der Waals surface area contributed by atoms with Crippen molar-refractivity contribution in [2.45, 2.75) is 19.1 Å². The van der Waals surface area contributed by atoms with Gasteiger partial charge in [0.05, 0.1) is 17.6 Å². The first-order chi connectivity index (χ1) is 4.30. The largest absolute Gasteiger partial charge is 0.438 e. The van der Waals surface area contributed by atoms with Gasteiger partial charge in [0, 0.05) is 0 Å². The minimum atomic E-state index is -0.810. The quantitative estimate of drug-likeness (QED) is 0.390. The van der Waals surface area contributed by atoms with Crippen molar-refractivity contribution in [2.24, 2.45) is 0 Å². The summed E-state index contributed by atoms with van der Waals surface area (Å²) in [6, 6.07) is 0. The summed E-state index contributed by atoms with van der Waals surface area (Å²) in [6.07, 6.45) is 3.58. The van der Waals surface area contributed by atoms with Gasteiger partial charge in [0.15, 0.2) is 0 Å². The Morgan fingerprint density at radius 3 is 2.89 bits per heavy atom. The van der Waals surface area contributed by atoms with Crippen LogP contribution in [0, 0.1) is 10.1 Å². The lowest BCUT2D eigenvalue weighted by atomic mass is 10.2. The van der Waals surface area contributed by atoms with Gasteiger partial charge in [-0.05, 0) is 12.5 Å². The van der Waals surface area contributed by atoms with Crippen LogP contribution in [0.4, 0.5) is 0 Å². The van der Waals surface area contributed by atoms with Gasteiger partial charge >= 0.3 is 6.23 Å². The molecule has 4 nitrogen and oxygen atoms in total. The Kier molecular flexibility index (Phi) is 1.67. The Morgan fingerprint density at radius 1 is 1.78 bits per heavy atom. The molecule has 1 aliphatic heterocycles. The molecule has 0 aliphatic carbocycles. The molecule has 9 heavy (non-hydrogen) atoms. The third kappa shape index (κ3) is 1.42. The Morgan fingerprint density at radius 2 is 2.56 bits per heavy atom. The first kappa shape index (κ1) is 6.07. The predicted molar refractivity (Wildman–Crippen MR) is 30.2 cm³/mol. The van der Waals surface area contributed by atoms with Crippen molar-refractivity contribution in [1.29, 1.82) is 0 Å². The number of hydrogen-bond acceptors (Lipinski definition) is 3.